The number of H-pyrrole nitrogens is 1. The molecule has 9 heteroatoms. The predicted octanol–water partition coefficient (Wildman–Crippen LogP) is 4.47. The van der Waals surface area contributed by atoms with E-state index >= 15 is 0 Å². The van der Waals surface area contributed by atoms with Gasteiger partial charge in [0, 0.05) is 41.7 Å². The number of likely N-dealkylation sites (tertiary alicyclic amines) is 1. The number of carbonyl (C=O) groups excluding carboxylic acids is 3. The predicted molar refractivity (Wildman–Crippen MR) is 170 cm³/mol. The van der Waals surface area contributed by atoms with E-state index in [9.17, 15) is 14.4 Å². The highest BCUT2D eigenvalue weighted by molar-refractivity contribution is 6.05. The second-order valence-corrected chi connectivity index (χ2v) is 11.3. The topological polar surface area (TPSA) is 132 Å². The Hall–Kier alpha value is -4.63. The van der Waals surface area contributed by atoms with E-state index in [1.54, 1.807) is 24.3 Å². The van der Waals surface area contributed by atoms with Crippen molar-refractivity contribution in [3.05, 3.63) is 95.7 Å². The normalized spacial score (nSPS) is 16.0. The number of hydrogen-bond acceptors (Lipinski definition) is 5. The Morgan fingerprint density at radius 1 is 0.977 bits per heavy atom. The van der Waals surface area contributed by atoms with Crippen LogP contribution in [0.1, 0.15) is 47.2 Å². The first-order valence-corrected chi connectivity index (χ1v) is 14.9. The molecular formula is C34H40N6O3. The molecular weight excluding hydrogens is 540 g/mol. The number of likely N-dealkylation sites (N-methyl/N-ethyl adjacent to an activating group) is 1. The summed E-state index contributed by atoms with van der Waals surface area (Å²) in [6.45, 7) is 1.69. The monoisotopic (exact) mass is 580 g/mol. The van der Waals surface area contributed by atoms with Gasteiger partial charge in [-0.25, -0.2) is 0 Å². The summed E-state index contributed by atoms with van der Waals surface area (Å²) < 4.78 is 0. The number of nitrogens with zero attached hydrogens (tertiary/aromatic N) is 1. The number of amides is 3. The first-order chi connectivity index (χ1) is 20.9. The zero-order valence-electron chi connectivity index (χ0n) is 24.6. The van der Waals surface area contributed by atoms with Crippen molar-refractivity contribution in [2.45, 2.75) is 44.7 Å². The molecule has 3 aromatic carbocycles. The van der Waals surface area contributed by atoms with Crippen LogP contribution in [-0.2, 0) is 22.6 Å². The van der Waals surface area contributed by atoms with Crippen LogP contribution < -0.4 is 21.7 Å². The molecule has 4 aromatic rings. The molecule has 2 heterocycles. The van der Waals surface area contributed by atoms with Gasteiger partial charge in [-0.05, 0) is 80.7 Å². The number of fused-ring (bicyclic) bond motifs is 1. The number of para-hydroxylation sites is 3. The van der Waals surface area contributed by atoms with Crippen LogP contribution in [0.4, 0.5) is 11.4 Å². The van der Waals surface area contributed by atoms with Crippen LogP contribution in [0.2, 0.25) is 0 Å². The zero-order valence-corrected chi connectivity index (χ0v) is 24.6. The first-order valence-electron chi connectivity index (χ1n) is 14.9. The molecule has 1 aliphatic heterocycles. The molecule has 0 spiro atoms. The highest BCUT2D eigenvalue weighted by Crippen LogP contribution is 2.23. The second-order valence-electron chi connectivity index (χ2n) is 11.3. The van der Waals surface area contributed by atoms with Crippen LogP contribution in [0.3, 0.4) is 0 Å². The maximum atomic E-state index is 13.5. The number of aromatic amines is 1. The Bertz CT molecular complexity index is 1560. The minimum atomic E-state index is -0.329. The third kappa shape index (κ3) is 7.61. The van der Waals surface area contributed by atoms with E-state index in [0.29, 0.717) is 42.9 Å². The molecule has 2 atom stereocenters. The van der Waals surface area contributed by atoms with Crippen molar-refractivity contribution in [3.63, 3.8) is 0 Å². The van der Waals surface area contributed by atoms with Crippen molar-refractivity contribution < 1.29 is 14.4 Å². The Labute approximate surface area is 252 Å². The van der Waals surface area contributed by atoms with Gasteiger partial charge in [-0.2, -0.15) is 0 Å². The Kier molecular flexibility index (Phi) is 9.73. The van der Waals surface area contributed by atoms with Crippen LogP contribution in [0.25, 0.3) is 10.9 Å². The van der Waals surface area contributed by atoms with E-state index in [0.717, 1.165) is 47.8 Å². The lowest BCUT2D eigenvalue weighted by atomic mass is 9.94. The van der Waals surface area contributed by atoms with Crippen LogP contribution in [0, 0.1) is 5.92 Å². The van der Waals surface area contributed by atoms with Gasteiger partial charge in [0.15, 0.2) is 0 Å². The molecule has 3 amide bonds. The van der Waals surface area contributed by atoms with Gasteiger partial charge in [-0.1, -0.05) is 48.9 Å². The number of piperidine rings is 1. The van der Waals surface area contributed by atoms with Gasteiger partial charge in [-0.3, -0.25) is 19.3 Å². The van der Waals surface area contributed by atoms with Gasteiger partial charge in [0.2, 0.25) is 11.8 Å². The summed E-state index contributed by atoms with van der Waals surface area (Å²) >= 11 is 0. The fourth-order valence-corrected chi connectivity index (χ4v) is 5.70. The minimum absolute atomic E-state index is 0.0347. The molecule has 9 nitrogen and oxygen atoms in total. The minimum Gasteiger partial charge on any atom is -0.397 e. The third-order valence-electron chi connectivity index (χ3n) is 8.27. The van der Waals surface area contributed by atoms with Crippen LogP contribution in [0.5, 0.6) is 0 Å². The van der Waals surface area contributed by atoms with E-state index in [4.69, 9.17) is 5.73 Å². The van der Waals surface area contributed by atoms with Crippen molar-refractivity contribution in [1.82, 2.24) is 20.5 Å². The van der Waals surface area contributed by atoms with E-state index < -0.39 is 0 Å². The molecule has 5 rings (SSSR count). The second kappa shape index (κ2) is 14.0. The maximum Gasteiger partial charge on any atom is 0.255 e. The summed E-state index contributed by atoms with van der Waals surface area (Å²) in [5.74, 6) is -0.623. The van der Waals surface area contributed by atoms with Crippen molar-refractivity contribution in [1.29, 1.82) is 0 Å². The van der Waals surface area contributed by atoms with Gasteiger partial charge >= 0.3 is 0 Å². The molecule has 0 aliphatic carbocycles. The number of aromatic nitrogens is 1. The molecule has 1 saturated heterocycles. The smallest absolute Gasteiger partial charge is 0.255 e. The van der Waals surface area contributed by atoms with Gasteiger partial charge in [-0.15, -0.1) is 0 Å². The van der Waals surface area contributed by atoms with Gasteiger partial charge in [0.05, 0.1) is 17.4 Å². The fourth-order valence-electron chi connectivity index (χ4n) is 5.70. The molecule has 2 unspecified atom stereocenters. The van der Waals surface area contributed by atoms with Crippen molar-refractivity contribution in [3.8, 4) is 0 Å². The Morgan fingerprint density at radius 2 is 1.74 bits per heavy atom. The van der Waals surface area contributed by atoms with Crippen LogP contribution in [0.15, 0.2) is 79.0 Å². The lowest BCUT2D eigenvalue weighted by Crippen LogP contribution is -2.48. The highest BCUT2D eigenvalue weighted by Gasteiger charge is 2.26. The number of hydrogen-bond donors (Lipinski definition) is 5. The molecule has 0 saturated carbocycles. The molecule has 1 aromatic heterocycles. The average molecular weight is 581 g/mol. The molecule has 224 valence electrons. The van der Waals surface area contributed by atoms with Gasteiger partial charge in [0.25, 0.3) is 5.91 Å². The van der Waals surface area contributed by atoms with Gasteiger partial charge < -0.3 is 26.7 Å². The third-order valence-corrected chi connectivity index (χ3v) is 8.27. The Morgan fingerprint density at radius 3 is 2.53 bits per heavy atom. The largest absolute Gasteiger partial charge is 0.397 e. The quantitative estimate of drug-likeness (QED) is 0.167. The molecule has 43 heavy (non-hydrogen) atoms. The molecule has 0 bridgehead atoms. The first kappa shape index (κ1) is 29.8. The molecule has 0 radical (unpaired) electrons. The Balaban J connectivity index is 1.20. The number of nitrogens with one attached hydrogen (secondary N) is 4. The number of nitrogen functional groups attached to an aromatic ring is 1. The van der Waals surface area contributed by atoms with E-state index in [1.807, 2.05) is 55.7 Å². The number of rotatable bonds is 11. The molecule has 6 N–H and O–H groups in total. The lowest BCUT2D eigenvalue weighted by Gasteiger charge is -2.31. The van der Waals surface area contributed by atoms with Gasteiger partial charge in [0.1, 0.15) is 0 Å². The van der Waals surface area contributed by atoms with E-state index in [2.05, 4.69) is 31.9 Å². The lowest BCUT2D eigenvalue weighted by molar-refractivity contribution is -0.128. The summed E-state index contributed by atoms with van der Waals surface area (Å²) in [5.41, 5.74) is 10.5. The van der Waals surface area contributed by atoms with E-state index in [-0.39, 0.29) is 29.7 Å². The summed E-state index contributed by atoms with van der Waals surface area (Å²) in [6, 6.07) is 22.2. The summed E-state index contributed by atoms with van der Waals surface area (Å²) in [5, 5.41) is 10.1. The average Bonchev–Trinajstić information content (AvgIpc) is 3.43. The maximum absolute atomic E-state index is 13.5. The molecule has 1 fully saturated rings. The standard InChI is InChI=1S/C34H40N6O3/c1-40-19-7-6-12-31(40)34(43)36-18-17-25(20-26-22-37-29-10-4-2-8-27(26)29)32(41)38-21-23-13-15-24(16-14-23)33(42)39-30-11-5-3-9-28(30)35/h2-5,8-11,13-16,22,25,31,37H,6-7,12,17-21,35H2,1H3,(H,36,43)(H,38,41)(H,39,42). The molecule has 1 aliphatic rings. The van der Waals surface area contributed by atoms with Crippen LogP contribution in [-0.4, -0.2) is 53.8 Å². The van der Waals surface area contributed by atoms with Crippen LogP contribution >= 0.6 is 0 Å². The number of benzene rings is 3. The number of nitrogens with two attached hydrogens (primary N) is 1. The summed E-state index contributed by atoms with van der Waals surface area (Å²) in [6.07, 6.45) is 6.08. The van der Waals surface area contributed by atoms with Crippen molar-refractivity contribution in [2.24, 2.45) is 5.92 Å². The zero-order chi connectivity index (χ0) is 30.2. The summed E-state index contributed by atoms with van der Waals surface area (Å²) in [7, 11) is 1.99. The SMILES string of the molecule is CN1CCCCC1C(=O)NCCC(Cc1c[nH]c2ccccc12)C(=O)NCc1ccc(C(=O)Nc2ccccc2N)cc1. The van der Waals surface area contributed by atoms with Crippen molar-refractivity contribution in [2.75, 3.05) is 31.2 Å². The van der Waals surface area contributed by atoms with Crippen molar-refractivity contribution >= 4 is 40.0 Å². The summed E-state index contributed by atoms with van der Waals surface area (Å²) in [4.78, 5) is 44.4. The number of carbonyl (C=O) groups is 3. The van der Waals surface area contributed by atoms with E-state index in [1.165, 1.54) is 0 Å². The fraction of sp³-hybridized carbons (Fsp3) is 0.324. The highest BCUT2D eigenvalue weighted by atomic mass is 16.2. The number of anilines is 2.